The molecule has 0 aliphatic rings. The SMILES string of the molecule is CC(C)C(CCO)NCc1cn(C)nc1-c1ccccc1Cl. The summed E-state index contributed by atoms with van der Waals surface area (Å²) in [5.74, 6) is 0.465. The fraction of sp³-hybridized carbons (Fsp3) is 0.471. The van der Waals surface area contributed by atoms with E-state index in [9.17, 15) is 5.11 Å². The lowest BCUT2D eigenvalue weighted by Crippen LogP contribution is -2.34. The highest BCUT2D eigenvalue weighted by Gasteiger charge is 2.16. The molecule has 0 aliphatic carbocycles. The Morgan fingerprint density at radius 3 is 2.68 bits per heavy atom. The van der Waals surface area contributed by atoms with Gasteiger partial charge in [0.1, 0.15) is 0 Å². The summed E-state index contributed by atoms with van der Waals surface area (Å²) >= 11 is 6.30. The van der Waals surface area contributed by atoms with Crippen molar-refractivity contribution >= 4 is 11.6 Å². The molecule has 2 rings (SSSR count). The van der Waals surface area contributed by atoms with Crippen molar-refractivity contribution in [3.63, 3.8) is 0 Å². The molecular weight excluding hydrogens is 298 g/mol. The van der Waals surface area contributed by atoms with Crippen LogP contribution < -0.4 is 5.32 Å². The zero-order valence-corrected chi connectivity index (χ0v) is 14.1. The third-order valence-electron chi connectivity index (χ3n) is 3.83. The van der Waals surface area contributed by atoms with Crippen molar-refractivity contribution in [3.8, 4) is 11.3 Å². The van der Waals surface area contributed by atoms with Crippen LogP contribution in [0.15, 0.2) is 30.5 Å². The van der Waals surface area contributed by atoms with Crippen molar-refractivity contribution in [2.45, 2.75) is 32.9 Å². The fourth-order valence-corrected chi connectivity index (χ4v) is 2.82. The summed E-state index contributed by atoms with van der Waals surface area (Å²) in [6.45, 7) is 5.22. The minimum absolute atomic E-state index is 0.195. The number of aryl methyl sites for hydroxylation is 1. The van der Waals surface area contributed by atoms with Crippen LogP contribution in [0.5, 0.6) is 0 Å². The second kappa shape index (κ2) is 7.77. The van der Waals surface area contributed by atoms with E-state index in [1.54, 1.807) is 0 Å². The number of aliphatic hydroxyl groups excluding tert-OH is 1. The number of nitrogens with one attached hydrogen (secondary N) is 1. The summed E-state index contributed by atoms with van der Waals surface area (Å²) in [7, 11) is 1.91. The van der Waals surface area contributed by atoms with Crippen molar-refractivity contribution in [2.24, 2.45) is 13.0 Å². The van der Waals surface area contributed by atoms with Gasteiger partial charge in [0.05, 0.1) is 10.7 Å². The Balaban J connectivity index is 2.20. The second-order valence-corrected chi connectivity index (χ2v) is 6.31. The summed E-state index contributed by atoms with van der Waals surface area (Å²) in [6, 6.07) is 8.04. The molecule has 0 amide bonds. The molecule has 2 N–H and O–H groups in total. The smallest absolute Gasteiger partial charge is 0.0982 e. The molecule has 0 fully saturated rings. The predicted octanol–water partition coefficient (Wildman–Crippen LogP) is 3.24. The first kappa shape index (κ1) is 17.0. The summed E-state index contributed by atoms with van der Waals surface area (Å²) in [6.07, 6.45) is 2.77. The molecule has 5 heteroatoms. The van der Waals surface area contributed by atoms with E-state index in [2.05, 4.69) is 24.3 Å². The number of benzene rings is 1. The quantitative estimate of drug-likeness (QED) is 0.823. The van der Waals surface area contributed by atoms with Crippen LogP contribution in [0.3, 0.4) is 0 Å². The Morgan fingerprint density at radius 1 is 1.32 bits per heavy atom. The molecule has 1 unspecified atom stereocenters. The van der Waals surface area contributed by atoms with E-state index in [1.165, 1.54) is 0 Å². The Labute approximate surface area is 137 Å². The minimum atomic E-state index is 0.195. The molecule has 0 saturated carbocycles. The van der Waals surface area contributed by atoms with Gasteiger partial charge in [-0.05, 0) is 18.4 Å². The van der Waals surface area contributed by atoms with Crippen molar-refractivity contribution < 1.29 is 5.11 Å². The van der Waals surface area contributed by atoms with Gasteiger partial charge in [-0.25, -0.2) is 0 Å². The van der Waals surface area contributed by atoms with Gasteiger partial charge in [-0.15, -0.1) is 0 Å². The fourth-order valence-electron chi connectivity index (χ4n) is 2.60. The van der Waals surface area contributed by atoms with Crippen molar-refractivity contribution in [1.82, 2.24) is 15.1 Å². The average molecular weight is 322 g/mol. The molecular formula is C17H24ClN3O. The van der Waals surface area contributed by atoms with Crippen LogP contribution in [0.4, 0.5) is 0 Å². The third-order valence-corrected chi connectivity index (χ3v) is 4.16. The summed E-state index contributed by atoms with van der Waals surface area (Å²) in [5, 5.41) is 18.0. The monoisotopic (exact) mass is 321 g/mol. The number of halogens is 1. The zero-order chi connectivity index (χ0) is 16.1. The Hall–Kier alpha value is -1.36. The van der Waals surface area contributed by atoms with Gasteiger partial charge in [0.25, 0.3) is 0 Å². The van der Waals surface area contributed by atoms with Crippen molar-refractivity contribution in [2.75, 3.05) is 6.61 Å². The van der Waals surface area contributed by atoms with E-state index in [0.29, 0.717) is 17.5 Å². The molecule has 1 atom stereocenters. The normalized spacial score (nSPS) is 12.8. The molecule has 22 heavy (non-hydrogen) atoms. The molecule has 4 nitrogen and oxygen atoms in total. The first-order valence-corrected chi connectivity index (χ1v) is 8.02. The standard InChI is InChI=1S/C17H24ClN3O/c1-12(2)16(8-9-22)19-10-13-11-21(3)20-17(13)14-6-4-5-7-15(14)18/h4-7,11-12,16,19,22H,8-10H2,1-3H3. The van der Waals surface area contributed by atoms with Gasteiger partial charge < -0.3 is 10.4 Å². The number of hydrogen-bond acceptors (Lipinski definition) is 3. The van der Waals surface area contributed by atoms with E-state index in [0.717, 1.165) is 23.2 Å². The molecule has 1 heterocycles. The molecule has 0 aliphatic heterocycles. The molecule has 120 valence electrons. The van der Waals surface area contributed by atoms with Gasteiger partial charge >= 0.3 is 0 Å². The van der Waals surface area contributed by atoms with Crippen molar-refractivity contribution in [3.05, 3.63) is 41.0 Å². The second-order valence-electron chi connectivity index (χ2n) is 5.90. The highest BCUT2D eigenvalue weighted by Crippen LogP contribution is 2.29. The van der Waals surface area contributed by atoms with Crippen LogP contribution >= 0.6 is 11.6 Å². The van der Waals surface area contributed by atoms with Gasteiger partial charge in [0, 0.05) is 43.6 Å². The van der Waals surface area contributed by atoms with Gasteiger partial charge in [-0.1, -0.05) is 43.6 Å². The van der Waals surface area contributed by atoms with E-state index in [-0.39, 0.29) is 12.6 Å². The van der Waals surface area contributed by atoms with Crippen LogP contribution in [0.25, 0.3) is 11.3 Å². The van der Waals surface area contributed by atoms with Crippen molar-refractivity contribution in [1.29, 1.82) is 0 Å². The van der Waals surface area contributed by atoms with E-state index < -0.39 is 0 Å². The van der Waals surface area contributed by atoms with Crippen LogP contribution in [0.2, 0.25) is 5.02 Å². The predicted molar refractivity (Wildman–Crippen MR) is 90.8 cm³/mol. The molecule has 0 saturated heterocycles. The number of aliphatic hydroxyl groups is 1. The van der Waals surface area contributed by atoms with Gasteiger partial charge in [0.2, 0.25) is 0 Å². The summed E-state index contributed by atoms with van der Waals surface area (Å²) in [5.41, 5.74) is 2.97. The van der Waals surface area contributed by atoms with Crippen LogP contribution in [0, 0.1) is 5.92 Å². The topological polar surface area (TPSA) is 50.1 Å². The maximum atomic E-state index is 9.18. The lowest BCUT2D eigenvalue weighted by molar-refractivity contribution is 0.244. The molecule has 0 bridgehead atoms. The zero-order valence-electron chi connectivity index (χ0n) is 13.4. The lowest BCUT2D eigenvalue weighted by atomic mass is 10.0. The van der Waals surface area contributed by atoms with Gasteiger partial charge in [-0.3, -0.25) is 4.68 Å². The maximum Gasteiger partial charge on any atom is 0.0982 e. The number of nitrogens with zero attached hydrogens (tertiary/aromatic N) is 2. The average Bonchev–Trinajstić information content (AvgIpc) is 2.84. The lowest BCUT2D eigenvalue weighted by Gasteiger charge is -2.21. The van der Waals surface area contributed by atoms with E-state index in [1.807, 2.05) is 42.2 Å². The number of rotatable bonds is 7. The summed E-state index contributed by atoms with van der Waals surface area (Å²) < 4.78 is 1.81. The first-order chi connectivity index (χ1) is 10.5. The van der Waals surface area contributed by atoms with Crippen LogP contribution in [-0.2, 0) is 13.6 Å². The Kier molecular flexibility index (Phi) is 6.00. The first-order valence-electron chi connectivity index (χ1n) is 7.64. The minimum Gasteiger partial charge on any atom is -0.396 e. The largest absolute Gasteiger partial charge is 0.396 e. The van der Waals surface area contributed by atoms with E-state index >= 15 is 0 Å². The van der Waals surface area contributed by atoms with Gasteiger partial charge in [0.15, 0.2) is 0 Å². The maximum absolute atomic E-state index is 9.18. The molecule has 0 spiro atoms. The Morgan fingerprint density at radius 2 is 2.05 bits per heavy atom. The Bertz CT molecular complexity index is 610. The van der Waals surface area contributed by atoms with Gasteiger partial charge in [-0.2, -0.15) is 5.10 Å². The highest BCUT2D eigenvalue weighted by atomic mass is 35.5. The molecule has 1 aromatic carbocycles. The molecule has 0 radical (unpaired) electrons. The third kappa shape index (κ3) is 4.09. The van der Waals surface area contributed by atoms with E-state index in [4.69, 9.17) is 11.6 Å². The van der Waals surface area contributed by atoms with Crippen LogP contribution in [-0.4, -0.2) is 27.5 Å². The molecule has 1 aromatic heterocycles. The number of aromatic nitrogens is 2. The summed E-state index contributed by atoms with van der Waals surface area (Å²) in [4.78, 5) is 0. The molecule has 2 aromatic rings. The number of hydrogen-bond donors (Lipinski definition) is 2. The highest BCUT2D eigenvalue weighted by molar-refractivity contribution is 6.33. The van der Waals surface area contributed by atoms with Crippen LogP contribution in [0.1, 0.15) is 25.8 Å².